The van der Waals surface area contributed by atoms with Crippen molar-refractivity contribution in [3.8, 4) is 11.5 Å². The van der Waals surface area contributed by atoms with E-state index in [0.717, 1.165) is 62.0 Å². The van der Waals surface area contributed by atoms with E-state index in [1.54, 1.807) is 0 Å². The fourth-order valence-electron chi connectivity index (χ4n) is 5.17. The van der Waals surface area contributed by atoms with Crippen molar-refractivity contribution < 1.29 is 14.3 Å². The van der Waals surface area contributed by atoms with E-state index in [1.807, 2.05) is 11.0 Å². The van der Waals surface area contributed by atoms with Crippen LogP contribution >= 0.6 is 0 Å². The third-order valence-corrected chi connectivity index (χ3v) is 6.55. The number of carbonyl (C=O) groups excluding carboxylic acids is 1. The van der Waals surface area contributed by atoms with Gasteiger partial charge in [0.15, 0.2) is 17.3 Å². The van der Waals surface area contributed by atoms with Crippen LogP contribution in [0.4, 0.5) is 0 Å². The fourth-order valence-corrected chi connectivity index (χ4v) is 5.17. The van der Waals surface area contributed by atoms with Gasteiger partial charge in [0.25, 0.3) is 0 Å². The number of aryl methyl sites for hydroxylation is 1. The molecule has 1 aromatic carbocycles. The first-order valence-electron chi connectivity index (χ1n) is 10.1. The third kappa shape index (κ3) is 2.51. The highest BCUT2D eigenvalue weighted by Gasteiger charge is 2.47. The van der Waals surface area contributed by atoms with Crippen LogP contribution in [-0.4, -0.2) is 55.9 Å². The first kappa shape index (κ1) is 16.4. The van der Waals surface area contributed by atoms with Gasteiger partial charge in [-0.1, -0.05) is 6.07 Å². The van der Waals surface area contributed by atoms with Crippen LogP contribution in [0.3, 0.4) is 0 Å². The van der Waals surface area contributed by atoms with E-state index < -0.39 is 0 Å². The maximum atomic E-state index is 12.8. The number of fused-ring (bicyclic) bond motifs is 3. The summed E-state index contributed by atoms with van der Waals surface area (Å²) in [5.41, 5.74) is 1.20. The van der Waals surface area contributed by atoms with Crippen molar-refractivity contribution in [1.29, 1.82) is 0 Å². The highest BCUT2D eigenvalue weighted by atomic mass is 16.7. The van der Waals surface area contributed by atoms with Gasteiger partial charge in [0.1, 0.15) is 5.82 Å². The molecule has 2 fully saturated rings. The second-order valence-corrected chi connectivity index (χ2v) is 8.09. The molecule has 8 nitrogen and oxygen atoms in total. The molecule has 2 atom stereocenters. The largest absolute Gasteiger partial charge is 0.454 e. The molecule has 1 aromatic heterocycles. The minimum Gasteiger partial charge on any atom is -0.454 e. The Balaban J connectivity index is 1.18. The standard InChI is InChI=1S/C20H23N5O3/c26-20-9-15-14(25(20)11-19-22-21-18-2-1-6-24(18)19)5-7-23(15)10-13-3-4-16-17(8-13)28-12-27-16/h3-4,8,14-15H,1-2,5-7,9-12H2/t14-,15-/m0/s1. The molecule has 0 bridgehead atoms. The quantitative estimate of drug-likeness (QED) is 0.796. The maximum absolute atomic E-state index is 12.8. The topological polar surface area (TPSA) is 72.7 Å². The van der Waals surface area contributed by atoms with Gasteiger partial charge < -0.3 is 18.9 Å². The highest BCUT2D eigenvalue weighted by Crippen LogP contribution is 2.37. The van der Waals surface area contributed by atoms with Gasteiger partial charge in [0.05, 0.1) is 6.54 Å². The molecule has 0 saturated carbocycles. The van der Waals surface area contributed by atoms with Gasteiger partial charge in [0.2, 0.25) is 12.7 Å². The average Bonchev–Trinajstić information content (AvgIpc) is 3.47. The molecule has 2 saturated heterocycles. The lowest BCUT2D eigenvalue weighted by atomic mass is 10.1. The summed E-state index contributed by atoms with van der Waals surface area (Å²) in [5.74, 6) is 3.87. The summed E-state index contributed by atoms with van der Waals surface area (Å²) in [6.07, 6.45) is 3.73. The predicted octanol–water partition coefficient (Wildman–Crippen LogP) is 1.33. The summed E-state index contributed by atoms with van der Waals surface area (Å²) in [7, 11) is 0. The number of amides is 1. The van der Waals surface area contributed by atoms with Gasteiger partial charge in [-0.15, -0.1) is 10.2 Å². The van der Waals surface area contributed by atoms with Crippen LogP contribution in [0.1, 0.15) is 36.5 Å². The molecule has 28 heavy (non-hydrogen) atoms. The first-order valence-corrected chi connectivity index (χ1v) is 10.1. The Morgan fingerprint density at radius 3 is 2.96 bits per heavy atom. The number of hydrogen-bond donors (Lipinski definition) is 0. The lowest BCUT2D eigenvalue weighted by Gasteiger charge is -2.25. The van der Waals surface area contributed by atoms with Crippen molar-refractivity contribution in [3.63, 3.8) is 0 Å². The molecule has 6 rings (SSSR count). The van der Waals surface area contributed by atoms with E-state index >= 15 is 0 Å². The van der Waals surface area contributed by atoms with Gasteiger partial charge in [-0.25, -0.2) is 0 Å². The van der Waals surface area contributed by atoms with E-state index in [0.29, 0.717) is 19.8 Å². The molecule has 5 heterocycles. The number of aromatic nitrogens is 3. The van der Waals surface area contributed by atoms with Crippen LogP contribution in [0.15, 0.2) is 18.2 Å². The lowest BCUT2D eigenvalue weighted by molar-refractivity contribution is -0.129. The molecule has 4 aliphatic rings. The number of nitrogens with zero attached hydrogens (tertiary/aromatic N) is 5. The molecule has 0 spiro atoms. The first-order chi connectivity index (χ1) is 13.8. The third-order valence-electron chi connectivity index (χ3n) is 6.55. The van der Waals surface area contributed by atoms with Crippen molar-refractivity contribution in [2.45, 2.75) is 57.4 Å². The Labute approximate surface area is 163 Å². The molecule has 0 N–H and O–H groups in total. The summed E-state index contributed by atoms with van der Waals surface area (Å²) >= 11 is 0. The van der Waals surface area contributed by atoms with Crippen LogP contribution in [-0.2, 0) is 30.8 Å². The zero-order valence-electron chi connectivity index (χ0n) is 15.7. The van der Waals surface area contributed by atoms with Crippen molar-refractivity contribution in [2.24, 2.45) is 0 Å². The molecule has 0 radical (unpaired) electrons. The van der Waals surface area contributed by atoms with Crippen LogP contribution in [0.5, 0.6) is 11.5 Å². The maximum Gasteiger partial charge on any atom is 0.231 e. The zero-order valence-corrected chi connectivity index (χ0v) is 15.7. The smallest absolute Gasteiger partial charge is 0.231 e. The van der Waals surface area contributed by atoms with E-state index in [4.69, 9.17) is 9.47 Å². The van der Waals surface area contributed by atoms with Crippen molar-refractivity contribution >= 4 is 5.91 Å². The minimum absolute atomic E-state index is 0.237. The van der Waals surface area contributed by atoms with Crippen molar-refractivity contribution in [1.82, 2.24) is 24.6 Å². The van der Waals surface area contributed by atoms with Crippen LogP contribution < -0.4 is 9.47 Å². The van der Waals surface area contributed by atoms with Crippen LogP contribution in [0.25, 0.3) is 0 Å². The molecule has 0 unspecified atom stereocenters. The Kier molecular flexibility index (Phi) is 3.62. The molecule has 2 aromatic rings. The molecule has 8 heteroatoms. The monoisotopic (exact) mass is 381 g/mol. The number of likely N-dealkylation sites (tertiary alicyclic amines) is 2. The van der Waals surface area contributed by atoms with Gasteiger partial charge in [-0.2, -0.15) is 0 Å². The van der Waals surface area contributed by atoms with E-state index in [9.17, 15) is 4.79 Å². The normalized spacial score (nSPS) is 25.6. The number of hydrogen-bond acceptors (Lipinski definition) is 6. The Bertz CT molecular complexity index is 942. The number of rotatable bonds is 4. The predicted molar refractivity (Wildman–Crippen MR) is 98.7 cm³/mol. The van der Waals surface area contributed by atoms with Crippen molar-refractivity contribution in [3.05, 3.63) is 35.4 Å². The summed E-state index contributed by atoms with van der Waals surface area (Å²) in [5, 5.41) is 8.64. The van der Waals surface area contributed by atoms with Gasteiger partial charge in [-0.3, -0.25) is 9.69 Å². The Morgan fingerprint density at radius 1 is 1.07 bits per heavy atom. The molecule has 1 amide bonds. The van der Waals surface area contributed by atoms with E-state index in [-0.39, 0.29) is 18.0 Å². The molecular formula is C20H23N5O3. The van der Waals surface area contributed by atoms with Gasteiger partial charge >= 0.3 is 0 Å². The van der Waals surface area contributed by atoms with E-state index in [2.05, 4.69) is 31.8 Å². The summed E-state index contributed by atoms with van der Waals surface area (Å²) < 4.78 is 13.1. The molecular weight excluding hydrogens is 358 g/mol. The number of ether oxygens (including phenoxy) is 2. The van der Waals surface area contributed by atoms with E-state index in [1.165, 1.54) is 5.56 Å². The number of benzene rings is 1. The zero-order chi connectivity index (χ0) is 18.7. The number of carbonyl (C=O) groups is 1. The SMILES string of the molecule is O=C1C[C@H]2[C@H](CCN2Cc2ccc3c(c2)OCO3)N1Cc1nnc2n1CCC2. The van der Waals surface area contributed by atoms with Crippen LogP contribution in [0.2, 0.25) is 0 Å². The second kappa shape index (κ2) is 6.20. The van der Waals surface area contributed by atoms with Gasteiger partial charge in [0, 0.05) is 44.6 Å². The van der Waals surface area contributed by atoms with Crippen LogP contribution in [0, 0.1) is 0 Å². The average molecular weight is 381 g/mol. The second-order valence-electron chi connectivity index (χ2n) is 8.09. The summed E-state index contributed by atoms with van der Waals surface area (Å²) in [6, 6.07) is 6.68. The summed E-state index contributed by atoms with van der Waals surface area (Å²) in [6.45, 7) is 3.70. The van der Waals surface area contributed by atoms with Gasteiger partial charge in [-0.05, 0) is 30.5 Å². The fraction of sp³-hybridized carbons (Fsp3) is 0.550. The highest BCUT2D eigenvalue weighted by molar-refractivity contribution is 5.80. The molecule has 146 valence electrons. The Morgan fingerprint density at radius 2 is 2.00 bits per heavy atom. The molecule has 4 aliphatic heterocycles. The van der Waals surface area contributed by atoms with Crippen molar-refractivity contribution in [2.75, 3.05) is 13.3 Å². The Hall–Kier alpha value is -2.61. The molecule has 0 aliphatic carbocycles. The minimum atomic E-state index is 0.237. The lowest BCUT2D eigenvalue weighted by Crippen LogP contribution is -2.37. The summed E-state index contributed by atoms with van der Waals surface area (Å²) in [4.78, 5) is 17.3.